The molecule has 0 fully saturated rings. The Morgan fingerprint density at radius 1 is 1.42 bits per heavy atom. The van der Waals surface area contributed by atoms with Crippen molar-refractivity contribution in [2.75, 3.05) is 7.11 Å². The quantitative estimate of drug-likeness (QED) is 0.663. The molecule has 0 spiro atoms. The van der Waals surface area contributed by atoms with Crippen LogP contribution in [0.4, 0.5) is 4.79 Å². The van der Waals surface area contributed by atoms with Gasteiger partial charge in [0.15, 0.2) is 0 Å². The highest BCUT2D eigenvalue weighted by Crippen LogP contribution is 2.24. The van der Waals surface area contributed by atoms with Crippen LogP contribution in [0.2, 0.25) is 5.02 Å². The van der Waals surface area contributed by atoms with Gasteiger partial charge in [0.2, 0.25) is 5.90 Å². The van der Waals surface area contributed by atoms with Gasteiger partial charge in [-0.2, -0.15) is 0 Å². The summed E-state index contributed by atoms with van der Waals surface area (Å²) in [5.74, 6) is 5.46. The van der Waals surface area contributed by atoms with E-state index >= 15 is 0 Å². The molecule has 9 nitrogen and oxygen atoms in total. The fraction of sp³-hybridized carbons (Fsp3) is 0.200. The lowest BCUT2D eigenvalue weighted by molar-refractivity contribution is 0.138. The minimum Gasteiger partial charge on any atom is -0.480 e. The number of rotatable bonds is 3. The molecule has 138 valence electrons. The average molecular weight is 398 g/mol. The van der Waals surface area contributed by atoms with Gasteiger partial charge in [0.05, 0.1) is 12.1 Å². The van der Waals surface area contributed by atoms with E-state index in [4.69, 9.17) is 16.3 Å². The van der Waals surface area contributed by atoms with E-state index in [9.17, 15) is 13.2 Å². The molecule has 1 aromatic carbocycles. The van der Waals surface area contributed by atoms with Crippen LogP contribution in [0, 0.1) is 11.8 Å². The fourth-order valence-electron chi connectivity index (χ4n) is 2.00. The third-order valence-corrected chi connectivity index (χ3v) is 4.82. The molecule has 0 saturated heterocycles. The molecule has 0 saturated carbocycles. The maximum Gasteiger partial charge on any atom is 0.350 e. The van der Waals surface area contributed by atoms with Crippen molar-refractivity contribution in [2.45, 2.75) is 18.7 Å². The molecule has 0 radical (unpaired) electrons. The van der Waals surface area contributed by atoms with Crippen molar-refractivity contribution in [2.24, 2.45) is 5.10 Å². The summed E-state index contributed by atoms with van der Waals surface area (Å²) >= 11 is 5.99. The van der Waals surface area contributed by atoms with E-state index in [1.165, 1.54) is 19.2 Å². The number of carbonyl (C=O) groups is 1. The number of methoxy groups -OCH3 is 1. The Bertz CT molecular complexity index is 947. The van der Waals surface area contributed by atoms with Gasteiger partial charge in [-0.25, -0.2) is 23.4 Å². The van der Waals surface area contributed by atoms with Crippen LogP contribution in [0.3, 0.4) is 0 Å². The molecule has 0 aromatic heterocycles. The molecule has 1 heterocycles. The van der Waals surface area contributed by atoms with Gasteiger partial charge in [0.25, 0.3) is 10.0 Å². The summed E-state index contributed by atoms with van der Waals surface area (Å²) < 4.78 is 31.9. The SMILES string of the molecule is CC#Cc1cccc(Cl)c1S(=O)(=O)NC(=O)NN1N=C(OC)C=C(C)N1. The Labute approximate surface area is 156 Å². The van der Waals surface area contributed by atoms with Crippen molar-refractivity contribution in [1.29, 1.82) is 0 Å². The highest BCUT2D eigenvalue weighted by Gasteiger charge is 2.25. The number of urea groups is 1. The molecule has 2 amide bonds. The van der Waals surface area contributed by atoms with E-state index < -0.39 is 16.1 Å². The third kappa shape index (κ3) is 4.59. The zero-order valence-corrected chi connectivity index (χ0v) is 15.7. The smallest absolute Gasteiger partial charge is 0.350 e. The minimum absolute atomic E-state index is 0.0554. The van der Waals surface area contributed by atoms with Crippen LogP contribution in [0.15, 0.2) is 40.0 Å². The van der Waals surface area contributed by atoms with Gasteiger partial charge in [-0.3, -0.25) is 5.43 Å². The van der Waals surface area contributed by atoms with Crippen LogP contribution >= 0.6 is 11.6 Å². The van der Waals surface area contributed by atoms with Crippen molar-refractivity contribution in [3.05, 3.63) is 40.6 Å². The number of allylic oxidation sites excluding steroid dienone is 1. The number of benzene rings is 1. The predicted octanol–water partition coefficient (Wildman–Crippen LogP) is 1.30. The summed E-state index contributed by atoms with van der Waals surface area (Å²) in [6.45, 7) is 3.26. The van der Waals surface area contributed by atoms with Crippen LogP contribution in [-0.2, 0) is 14.8 Å². The van der Waals surface area contributed by atoms with Gasteiger partial charge < -0.3 is 4.74 Å². The zero-order valence-electron chi connectivity index (χ0n) is 14.1. The Balaban J connectivity index is 2.20. The number of hydrazine groups is 2. The summed E-state index contributed by atoms with van der Waals surface area (Å²) in [5.41, 5.74) is 5.70. The Hall–Kier alpha value is -2.90. The summed E-state index contributed by atoms with van der Waals surface area (Å²) in [4.78, 5) is 11.8. The lowest BCUT2D eigenvalue weighted by Crippen LogP contribution is -2.53. The molecule has 1 aliphatic rings. The predicted molar refractivity (Wildman–Crippen MR) is 96.0 cm³/mol. The van der Waals surface area contributed by atoms with Crippen LogP contribution in [-0.4, -0.2) is 32.7 Å². The van der Waals surface area contributed by atoms with Gasteiger partial charge in [0, 0.05) is 17.3 Å². The van der Waals surface area contributed by atoms with Crippen molar-refractivity contribution >= 4 is 33.6 Å². The number of hydrogen-bond acceptors (Lipinski definition) is 7. The third-order valence-electron chi connectivity index (χ3n) is 2.96. The molecule has 1 aromatic rings. The zero-order chi connectivity index (χ0) is 19.3. The number of amides is 2. The van der Waals surface area contributed by atoms with Crippen LogP contribution in [0.1, 0.15) is 19.4 Å². The number of halogens is 1. The molecular formula is C15H16ClN5O4S. The molecule has 11 heteroatoms. The molecule has 26 heavy (non-hydrogen) atoms. The van der Waals surface area contributed by atoms with Crippen LogP contribution in [0.5, 0.6) is 0 Å². The molecule has 0 atom stereocenters. The van der Waals surface area contributed by atoms with E-state index in [2.05, 4.69) is 27.8 Å². The van der Waals surface area contributed by atoms with Gasteiger partial charge in [-0.05, 0) is 26.0 Å². The number of carbonyl (C=O) groups excluding carboxylic acids is 1. The van der Waals surface area contributed by atoms with E-state index in [-0.39, 0.29) is 21.4 Å². The Morgan fingerprint density at radius 3 is 2.81 bits per heavy atom. The van der Waals surface area contributed by atoms with E-state index in [1.54, 1.807) is 26.0 Å². The molecule has 0 unspecified atom stereocenters. The normalized spacial score (nSPS) is 13.5. The monoisotopic (exact) mass is 397 g/mol. The maximum atomic E-state index is 12.6. The lowest BCUT2D eigenvalue weighted by atomic mass is 10.2. The van der Waals surface area contributed by atoms with E-state index in [0.29, 0.717) is 5.70 Å². The van der Waals surface area contributed by atoms with Gasteiger partial charge >= 0.3 is 6.03 Å². The number of hydrogen-bond donors (Lipinski definition) is 3. The number of sulfonamides is 1. The van der Waals surface area contributed by atoms with Gasteiger partial charge in [-0.1, -0.05) is 28.7 Å². The highest BCUT2D eigenvalue weighted by atomic mass is 35.5. The first-order chi connectivity index (χ1) is 12.3. The van der Waals surface area contributed by atoms with Crippen LogP contribution < -0.4 is 15.6 Å². The molecule has 2 rings (SSSR count). The molecular weight excluding hydrogens is 382 g/mol. The molecule has 0 bridgehead atoms. The standard InChI is InChI=1S/C15H16ClN5O4S/c1-4-6-11-7-5-8-12(16)14(11)26(23,24)20-15(22)19-21-17-10(2)9-13(18-21)25-3/h5,7-9,17H,1-3H3,(H2,19,20,22). The number of nitrogens with one attached hydrogen (secondary N) is 3. The first kappa shape index (κ1) is 19.4. The summed E-state index contributed by atoms with van der Waals surface area (Å²) in [5, 5.41) is 4.74. The van der Waals surface area contributed by atoms with Crippen molar-refractivity contribution in [3.8, 4) is 11.8 Å². The van der Waals surface area contributed by atoms with E-state index in [1.807, 2.05) is 4.72 Å². The highest BCUT2D eigenvalue weighted by molar-refractivity contribution is 7.90. The Kier molecular flexibility index (Phi) is 5.97. The first-order valence-electron chi connectivity index (χ1n) is 7.19. The number of hydrazone groups is 1. The van der Waals surface area contributed by atoms with Crippen molar-refractivity contribution in [3.63, 3.8) is 0 Å². The summed E-state index contributed by atoms with van der Waals surface area (Å²) in [6, 6.07) is 3.39. The maximum absolute atomic E-state index is 12.6. The molecule has 0 aliphatic carbocycles. The Morgan fingerprint density at radius 2 is 2.15 bits per heavy atom. The van der Waals surface area contributed by atoms with Gasteiger partial charge in [0.1, 0.15) is 4.90 Å². The number of nitrogens with zero attached hydrogens (tertiary/aromatic N) is 2. The molecule has 1 aliphatic heterocycles. The second kappa shape index (κ2) is 7.99. The van der Waals surface area contributed by atoms with Crippen molar-refractivity contribution in [1.82, 2.24) is 20.8 Å². The molecule has 3 N–H and O–H groups in total. The van der Waals surface area contributed by atoms with Gasteiger partial charge in [-0.15, -0.1) is 11.1 Å². The van der Waals surface area contributed by atoms with Crippen LogP contribution in [0.25, 0.3) is 0 Å². The average Bonchev–Trinajstić information content (AvgIpc) is 2.53. The first-order valence-corrected chi connectivity index (χ1v) is 9.05. The topological polar surface area (TPSA) is 112 Å². The minimum atomic E-state index is -4.27. The largest absolute Gasteiger partial charge is 0.480 e. The summed E-state index contributed by atoms with van der Waals surface area (Å²) in [6.07, 6.45) is 1.59. The fourth-order valence-corrected chi connectivity index (χ4v) is 3.60. The second-order valence-electron chi connectivity index (χ2n) is 4.93. The lowest BCUT2D eigenvalue weighted by Gasteiger charge is -2.25. The summed E-state index contributed by atoms with van der Waals surface area (Å²) in [7, 11) is -2.86. The second-order valence-corrected chi connectivity index (χ2v) is 6.96. The van der Waals surface area contributed by atoms with E-state index in [0.717, 1.165) is 5.23 Å². The van der Waals surface area contributed by atoms with Crippen molar-refractivity contribution < 1.29 is 17.9 Å². The number of ether oxygens (including phenoxy) is 1.